The molecule has 0 aliphatic carbocycles. The summed E-state index contributed by atoms with van der Waals surface area (Å²) in [5.41, 5.74) is 3.01. The first-order valence-electron chi connectivity index (χ1n) is 7.91. The Morgan fingerprint density at radius 2 is 1.87 bits per heavy atom. The minimum atomic E-state index is 0.0455. The van der Waals surface area contributed by atoms with Crippen molar-refractivity contribution in [2.75, 3.05) is 18.5 Å². The minimum Gasteiger partial charge on any atom is -0.508 e. The van der Waals surface area contributed by atoms with Gasteiger partial charge in [-0.2, -0.15) is 0 Å². The molecule has 23 heavy (non-hydrogen) atoms. The van der Waals surface area contributed by atoms with E-state index in [-0.39, 0.29) is 24.1 Å². The molecule has 0 saturated carbocycles. The zero-order valence-corrected chi connectivity index (χ0v) is 13.6. The van der Waals surface area contributed by atoms with Crippen molar-refractivity contribution < 1.29 is 9.90 Å². The number of aromatic hydroxyl groups is 1. The van der Waals surface area contributed by atoms with Crippen LogP contribution in [-0.4, -0.2) is 35.5 Å². The second-order valence-electron chi connectivity index (χ2n) is 6.19. The standard InChI is InChI=1S/C19H22N2O2/c1-14-12-20(2)17-9-5-3-8-16(17)13-21(14)19(23)11-15-7-4-6-10-18(15)22/h3-10,14,22H,11-13H2,1-2H3. The normalized spacial score (nSPS) is 17.6. The quantitative estimate of drug-likeness (QED) is 0.927. The number of hydrogen-bond donors (Lipinski definition) is 1. The molecule has 1 aliphatic rings. The fraction of sp³-hybridized carbons (Fsp3) is 0.316. The molecular formula is C19H22N2O2. The van der Waals surface area contributed by atoms with Crippen LogP contribution in [-0.2, 0) is 17.8 Å². The molecule has 1 aliphatic heterocycles. The Balaban J connectivity index is 1.84. The van der Waals surface area contributed by atoms with E-state index in [9.17, 15) is 9.90 Å². The summed E-state index contributed by atoms with van der Waals surface area (Å²) in [6, 6.07) is 15.4. The topological polar surface area (TPSA) is 43.8 Å². The summed E-state index contributed by atoms with van der Waals surface area (Å²) in [6.45, 7) is 3.47. The molecule has 1 atom stereocenters. The molecule has 4 nitrogen and oxygen atoms in total. The first-order valence-corrected chi connectivity index (χ1v) is 7.91. The molecule has 0 aromatic heterocycles. The largest absolute Gasteiger partial charge is 0.508 e. The lowest BCUT2D eigenvalue weighted by molar-refractivity contribution is -0.132. The van der Waals surface area contributed by atoms with Crippen molar-refractivity contribution in [1.29, 1.82) is 0 Å². The molecule has 1 amide bonds. The van der Waals surface area contributed by atoms with Crippen molar-refractivity contribution in [2.45, 2.75) is 25.9 Å². The van der Waals surface area contributed by atoms with Crippen LogP contribution < -0.4 is 4.90 Å². The fourth-order valence-electron chi connectivity index (χ4n) is 3.21. The van der Waals surface area contributed by atoms with Crippen LogP contribution in [0.25, 0.3) is 0 Å². The Hall–Kier alpha value is -2.49. The van der Waals surface area contributed by atoms with Gasteiger partial charge in [0.15, 0.2) is 0 Å². The number of para-hydroxylation sites is 2. The Morgan fingerprint density at radius 1 is 1.17 bits per heavy atom. The maximum absolute atomic E-state index is 12.8. The molecule has 3 rings (SSSR count). The zero-order valence-electron chi connectivity index (χ0n) is 13.6. The number of rotatable bonds is 2. The van der Waals surface area contributed by atoms with Crippen molar-refractivity contribution in [3.05, 3.63) is 59.7 Å². The molecule has 0 spiro atoms. The van der Waals surface area contributed by atoms with Gasteiger partial charge in [-0.05, 0) is 24.6 Å². The van der Waals surface area contributed by atoms with E-state index in [1.165, 1.54) is 5.69 Å². The van der Waals surface area contributed by atoms with E-state index < -0.39 is 0 Å². The first kappa shape index (κ1) is 15.4. The van der Waals surface area contributed by atoms with Crippen LogP contribution in [0.5, 0.6) is 5.75 Å². The number of carbonyl (C=O) groups is 1. The smallest absolute Gasteiger partial charge is 0.227 e. The van der Waals surface area contributed by atoms with Crippen molar-refractivity contribution in [1.82, 2.24) is 4.90 Å². The number of amides is 1. The van der Waals surface area contributed by atoms with Crippen LogP contribution in [0.2, 0.25) is 0 Å². The van der Waals surface area contributed by atoms with Crippen LogP contribution in [0.15, 0.2) is 48.5 Å². The Kier molecular flexibility index (Phi) is 4.24. The highest BCUT2D eigenvalue weighted by molar-refractivity contribution is 5.80. The second-order valence-corrected chi connectivity index (χ2v) is 6.19. The number of phenols is 1. The van der Waals surface area contributed by atoms with E-state index in [1.807, 2.05) is 23.1 Å². The Morgan fingerprint density at radius 3 is 2.65 bits per heavy atom. The van der Waals surface area contributed by atoms with Crippen LogP contribution >= 0.6 is 0 Å². The maximum Gasteiger partial charge on any atom is 0.227 e. The lowest BCUT2D eigenvalue weighted by Crippen LogP contribution is -2.42. The zero-order chi connectivity index (χ0) is 16.4. The number of anilines is 1. The molecule has 120 valence electrons. The van der Waals surface area contributed by atoms with Crippen molar-refractivity contribution in [2.24, 2.45) is 0 Å². The van der Waals surface area contributed by atoms with Crippen molar-refractivity contribution in [3.63, 3.8) is 0 Å². The van der Waals surface area contributed by atoms with Crippen LogP contribution in [0.4, 0.5) is 5.69 Å². The third-order valence-corrected chi connectivity index (χ3v) is 4.47. The molecule has 1 unspecified atom stereocenters. The van der Waals surface area contributed by atoms with Crippen molar-refractivity contribution in [3.8, 4) is 5.75 Å². The third-order valence-electron chi connectivity index (χ3n) is 4.47. The molecule has 0 radical (unpaired) electrons. The van der Waals surface area contributed by atoms with E-state index >= 15 is 0 Å². The van der Waals surface area contributed by atoms with E-state index in [1.54, 1.807) is 18.2 Å². The number of hydrogen-bond acceptors (Lipinski definition) is 3. The molecule has 2 aromatic carbocycles. The predicted octanol–water partition coefficient (Wildman–Crippen LogP) is 2.80. The van der Waals surface area contributed by atoms with E-state index in [4.69, 9.17) is 0 Å². The average molecular weight is 310 g/mol. The van der Waals surface area contributed by atoms with Gasteiger partial charge < -0.3 is 14.9 Å². The molecule has 0 fully saturated rings. The van der Waals surface area contributed by atoms with Gasteiger partial charge >= 0.3 is 0 Å². The van der Waals surface area contributed by atoms with Gasteiger partial charge in [-0.3, -0.25) is 4.79 Å². The summed E-state index contributed by atoms with van der Waals surface area (Å²) < 4.78 is 0. The van der Waals surface area contributed by atoms with Gasteiger partial charge in [-0.1, -0.05) is 36.4 Å². The van der Waals surface area contributed by atoms with Gasteiger partial charge in [-0.15, -0.1) is 0 Å². The lowest BCUT2D eigenvalue weighted by atomic mass is 10.1. The predicted molar refractivity (Wildman–Crippen MR) is 91.5 cm³/mol. The van der Waals surface area contributed by atoms with Crippen LogP contribution in [0.3, 0.4) is 0 Å². The minimum absolute atomic E-state index is 0.0455. The maximum atomic E-state index is 12.8. The summed E-state index contributed by atoms with van der Waals surface area (Å²) >= 11 is 0. The number of nitrogens with zero attached hydrogens (tertiary/aromatic N) is 2. The summed E-state index contributed by atoms with van der Waals surface area (Å²) in [7, 11) is 2.06. The highest BCUT2D eigenvalue weighted by Gasteiger charge is 2.27. The lowest BCUT2D eigenvalue weighted by Gasteiger charge is -2.28. The molecule has 1 heterocycles. The number of fused-ring (bicyclic) bond motifs is 1. The van der Waals surface area contributed by atoms with Crippen molar-refractivity contribution >= 4 is 11.6 Å². The number of likely N-dealkylation sites (N-methyl/N-ethyl adjacent to an activating group) is 1. The van der Waals surface area contributed by atoms with Crippen LogP contribution in [0, 0.1) is 0 Å². The van der Waals surface area contributed by atoms with E-state index in [0.717, 1.165) is 12.1 Å². The van der Waals surface area contributed by atoms with Gasteiger partial charge in [0.2, 0.25) is 5.91 Å². The van der Waals surface area contributed by atoms with Gasteiger partial charge in [0.05, 0.1) is 6.42 Å². The number of carbonyl (C=O) groups excluding carboxylic acids is 1. The van der Waals surface area contributed by atoms with E-state index in [0.29, 0.717) is 12.1 Å². The monoisotopic (exact) mass is 310 g/mol. The molecular weight excluding hydrogens is 288 g/mol. The van der Waals surface area contributed by atoms with Gasteiger partial charge in [0.25, 0.3) is 0 Å². The van der Waals surface area contributed by atoms with Gasteiger partial charge in [0, 0.05) is 37.4 Å². The SMILES string of the molecule is CC1CN(C)c2ccccc2CN1C(=O)Cc1ccccc1O. The molecule has 2 aromatic rings. The average Bonchev–Trinajstić information content (AvgIpc) is 2.66. The summed E-state index contributed by atoms with van der Waals surface area (Å²) in [4.78, 5) is 16.9. The third kappa shape index (κ3) is 3.16. The highest BCUT2D eigenvalue weighted by atomic mass is 16.3. The summed E-state index contributed by atoms with van der Waals surface area (Å²) in [5.74, 6) is 0.227. The molecule has 0 bridgehead atoms. The Bertz CT molecular complexity index is 714. The molecule has 0 saturated heterocycles. The fourth-order valence-corrected chi connectivity index (χ4v) is 3.21. The van der Waals surface area contributed by atoms with E-state index in [2.05, 4.69) is 31.0 Å². The highest BCUT2D eigenvalue weighted by Crippen LogP contribution is 2.27. The summed E-state index contributed by atoms with van der Waals surface area (Å²) in [6.07, 6.45) is 0.225. The number of phenolic OH excluding ortho intramolecular Hbond substituents is 1. The molecule has 1 N–H and O–H groups in total. The second kappa shape index (κ2) is 6.32. The van der Waals surface area contributed by atoms with Gasteiger partial charge in [-0.25, -0.2) is 0 Å². The first-order chi connectivity index (χ1) is 11.1. The molecule has 4 heteroatoms. The Labute approximate surface area is 137 Å². The number of benzene rings is 2. The summed E-state index contributed by atoms with van der Waals surface area (Å²) in [5, 5.41) is 9.90. The van der Waals surface area contributed by atoms with Gasteiger partial charge in [0.1, 0.15) is 5.75 Å². The van der Waals surface area contributed by atoms with Crippen LogP contribution in [0.1, 0.15) is 18.1 Å².